The van der Waals surface area contributed by atoms with Crippen molar-refractivity contribution in [2.24, 2.45) is 18.9 Å². The average molecular weight is 178 g/mol. The lowest BCUT2D eigenvalue weighted by Gasteiger charge is -2.04. The van der Waals surface area contributed by atoms with Crippen molar-refractivity contribution in [2.45, 2.75) is 19.9 Å². The molecule has 72 valence electrons. The maximum absolute atomic E-state index is 3.50. The second kappa shape index (κ2) is 3.54. The Balaban J connectivity index is 1.71. The maximum Gasteiger partial charge on any atom is 0.0359 e. The molecule has 2 unspecified atom stereocenters. The van der Waals surface area contributed by atoms with E-state index in [0.29, 0.717) is 0 Å². The van der Waals surface area contributed by atoms with E-state index >= 15 is 0 Å². The van der Waals surface area contributed by atoms with Crippen LogP contribution in [-0.4, -0.2) is 11.1 Å². The zero-order chi connectivity index (χ0) is 9.26. The first-order chi connectivity index (χ1) is 6.27. The normalized spacial score (nSPS) is 26.3. The van der Waals surface area contributed by atoms with Gasteiger partial charge in [0.2, 0.25) is 0 Å². The van der Waals surface area contributed by atoms with E-state index in [1.807, 2.05) is 0 Å². The van der Waals surface area contributed by atoms with E-state index in [2.05, 4.69) is 42.2 Å². The standard InChI is InChI=1S/C11H18N2/c1-9-6-10(9)7-12-8-11-4-3-5-13(11)2/h3-5,9-10,12H,6-8H2,1-2H3. The lowest BCUT2D eigenvalue weighted by Crippen LogP contribution is -2.18. The topological polar surface area (TPSA) is 17.0 Å². The van der Waals surface area contributed by atoms with Crippen LogP contribution in [0.2, 0.25) is 0 Å². The number of aromatic nitrogens is 1. The SMILES string of the molecule is CC1CC1CNCc1cccn1C. The molecular formula is C11H18N2. The number of hydrogen-bond donors (Lipinski definition) is 1. The van der Waals surface area contributed by atoms with Gasteiger partial charge in [0, 0.05) is 25.5 Å². The Morgan fingerprint density at radius 2 is 2.38 bits per heavy atom. The molecule has 0 bridgehead atoms. The van der Waals surface area contributed by atoms with Crippen molar-refractivity contribution in [2.75, 3.05) is 6.54 Å². The molecule has 0 amide bonds. The Morgan fingerprint density at radius 1 is 1.62 bits per heavy atom. The monoisotopic (exact) mass is 178 g/mol. The molecule has 0 spiro atoms. The molecule has 1 aromatic heterocycles. The molecule has 1 aromatic rings. The Labute approximate surface area is 79.9 Å². The van der Waals surface area contributed by atoms with Crippen LogP contribution in [0.15, 0.2) is 18.3 Å². The minimum absolute atomic E-state index is 0.945. The Bertz CT molecular complexity index is 277. The van der Waals surface area contributed by atoms with Crippen molar-refractivity contribution in [1.29, 1.82) is 0 Å². The van der Waals surface area contributed by atoms with Gasteiger partial charge in [-0.1, -0.05) is 6.92 Å². The van der Waals surface area contributed by atoms with E-state index in [4.69, 9.17) is 0 Å². The molecule has 2 heteroatoms. The highest BCUT2D eigenvalue weighted by molar-refractivity contribution is 5.06. The highest BCUT2D eigenvalue weighted by atomic mass is 15.0. The molecule has 0 radical (unpaired) electrons. The van der Waals surface area contributed by atoms with E-state index in [1.54, 1.807) is 0 Å². The molecule has 1 N–H and O–H groups in total. The van der Waals surface area contributed by atoms with E-state index in [1.165, 1.54) is 18.7 Å². The number of nitrogens with one attached hydrogen (secondary N) is 1. The molecule has 13 heavy (non-hydrogen) atoms. The molecular weight excluding hydrogens is 160 g/mol. The first-order valence-electron chi connectivity index (χ1n) is 5.08. The van der Waals surface area contributed by atoms with Crippen LogP contribution < -0.4 is 5.32 Å². The lowest BCUT2D eigenvalue weighted by molar-refractivity contribution is 0.595. The fourth-order valence-electron chi connectivity index (χ4n) is 1.75. The molecule has 1 aliphatic rings. The van der Waals surface area contributed by atoms with Crippen LogP contribution in [0.4, 0.5) is 0 Å². The highest BCUT2D eigenvalue weighted by Gasteiger charge is 2.31. The van der Waals surface area contributed by atoms with Crippen molar-refractivity contribution in [3.63, 3.8) is 0 Å². The first kappa shape index (κ1) is 8.82. The van der Waals surface area contributed by atoms with Crippen molar-refractivity contribution in [3.05, 3.63) is 24.0 Å². The molecule has 2 atom stereocenters. The number of hydrogen-bond acceptors (Lipinski definition) is 1. The number of rotatable bonds is 4. The van der Waals surface area contributed by atoms with Crippen molar-refractivity contribution >= 4 is 0 Å². The quantitative estimate of drug-likeness (QED) is 0.743. The molecule has 1 heterocycles. The van der Waals surface area contributed by atoms with Crippen LogP contribution in [0.3, 0.4) is 0 Å². The van der Waals surface area contributed by atoms with E-state index in [-0.39, 0.29) is 0 Å². The zero-order valence-electron chi connectivity index (χ0n) is 8.46. The molecule has 1 aliphatic carbocycles. The third kappa shape index (κ3) is 2.13. The largest absolute Gasteiger partial charge is 0.353 e. The fourth-order valence-corrected chi connectivity index (χ4v) is 1.75. The van der Waals surface area contributed by atoms with Gasteiger partial charge in [0.25, 0.3) is 0 Å². The first-order valence-corrected chi connectivity index (χ1v) is 5.08. The van der Waals surface area contributed by atoms with Crippen molar-refractivity contribution in [3.8, 4) is 0 Å². The molecule has 2 rings (SSSR count). The fraction of sp³-hybridized carbons (Fsp3) is 0.636. The second-order valence-electron chi connectivity index (χ2n) is 4.21. The van der Waals surface area contributed by atoms with Gasteiger partial charge < -0.3 is 9.88 Å². The molecule has 1 saturated carbocycles. The molecule has 0 aromatic carbocycles. The van der Waals surface area contributed by atoms with Crippen LogP contribution in [0.5, 0.6) is 0 Å². The van der Waals surface area contributed by atoms with E-state index < -0.39 is 0 Å². The van der Waals surface area contributed by atoms with Gasteiger partial charge in [-0.05, 0) is 36.9 Å². The summed E-state index contributed by atoms with van der Waals surface area (Å²) < 4.78 is 2.17. The van der Waals surface area contributed by atoms with Crippen LogP contribution in [0.1, 0.15) is 19.0 Å². The number of aryl methyl sites for hydroxylation is 1. The molecule has 1 fully saturated rings. The van der Waals surface area contributed by atoms with Crippen molar-refractivity contribution in [1.82, 2.24) is 9.88 Å². The minimum Gasteiger partial charge on any atom is -0.353 e. The maximum atomic E-state index is 3.50. The summed E-state index contributed by atoms with van der Waals surface area (Å²) in [6.45, 7) is 4.52. The summed E-state index contributed by atoms with van der Waals surface area (Å²) in [5.41, 5.74) is 1.37. The van der Waals surface area contributed by atoms with Crippen LogP contribution in [0, 0.1) is 11.8 Å². The van der Waals surface area contributed by atoms with Gasteiger partial charge in [-0.25, -0.2) is 0 Å². The minimum atomic E-state index is 0.945. The van der Waals surface area contributed by atoms with Gasteiger partial charge in [-0.2, -0.15) is 0 Å². The van der Waals surface area contributed by atoms with Gasteiger partial charge in [0.15, 0.2) is 0 Å². The van der Waals surface area contributed by atoms with Gasteiger partial charge >= 0.3 is 0 Å². The van der Waals surface area contributed by atoms with Gasteiger partial charge in [-0.3, -0.25) is 0 Å². The van der Waals surface area contributed by atoms with Crippen LogP contribution in [-0.2, 0) is 13.6 Å². The second-order valence-corrected chi connectivity index (χ2v) is 4.21. The summed E-state index contributed by atoms with van der Waals surface area (Å²) in [5, 5.41) is 3.50. The third-order valence-corrected chi connectivity index (χ3v) is 3.04. The Morgan fingerprint density at radius 3 is 2.92 bits per heavy atom. The molecule has 0 saturated heterocycles. The summed E-state index contributed by atoms with van der Waals surface area (Å²) in [6, 6.07) is 4.26. The number of nitrogens with zero attached hydrogens (tertiary/aromatic N) is 1. The van der Waals surface area contributed by atoms with E-state index in [0.717, 1.165) is 18.4 Å². The summed E-state index contributed by atoms with van der Waals surface area (Å²) in [5.74, 6) is 1.90. The smallest absolute Gasteiger partial charge is 0.0359 e. The summed E-state index contributed by atoms with van der Waals surface area (Å²) >= 11 is 0. The van der Waals surface area contributed by atoms with Gasteiger partial charge in [0.1, 0.15) is 0 Å². The van der Waals surface area contributed by atoms with Crippen LogP contribution in [0.25, 0.3) is 0 Å². The van der Waals surface area contributed by atoms with E-state index in [9.17, 15) is 0 Å². The lowest BCUT2D eigenvalue weighted by atomic mass is 10.3. The molecule has 0 aliphatic heterocycles. The average Bonchev–Trinajstić information content (AvgIpc) is 2.63. The van der Waals surface area contributed by atoms with Gasteiger partial charge in [-0.15, -0.1) is 0 Å². The zero-order valence-corrected chi connectivity index (χ0v) is 8.46. The Kier molecular flexibility index (Phi) is 2.40. The summed E-state index contributed by atoms with van der Waals surface area (Å²) in [6.07, 6.45) is 3.51. The highest BCUT2D eigenvalue weighted by Crippen LogP contribution is 2.36. The predicted octanol–water partition coefficient (Wildman–Crippen LogP) is 1.77. The van der Waals surface area contributed by atoms with Crippen LogP contribution >= 0.6 is 0 Å². The van der Waals surface area contributed by atoms with Crippen molar-refractivity contribution < 1.29 is 0 Å². The summed E-state index contributed by atoms with van der Waals surface area (Å²) in [7, 11) is 2.09. The summed E-state index contributed by atoms with van der Waals surface area (Å²) in [4.78, 5) is 0. The Hall–Kier alpha value is -0.760. The third-order valence-electron chi connectivity index (χ3n) is 3.04. The molecule has 2 nitrogen and oxygen atoms in total. The van der Waals surface area contributed by atoms with Gasteiger partial charge in [0.05, 0.1) is 0 Å². The predicted molar refractivity (Wildman–Crippen MR) is 54.4 cm³/mol.